The van der Waals surface area contributed by atoms with Gasteiger partial charge in [-0.3, -0.25) is 4.98 Å². The molecule has 4 heteroatoms. The van der Waals surface area contributed by atoms with Gasteiger partial charge in [0.25, 0.3) is 0 Å². The van der Waals surface area contributed by atoms with Crippen LogP contribution in [0.15, 0.2) is 18.5 Å². The van der Waals surface area contributed by atoms with Gasteiger partial charge in [0.1, 0.15) is 5.82 Å². The van der Waals surface area contributed by atoms with Crippen LogP contribution in [0.5, 0.6) is 0 Å². The van der Waals surface area contributed by atoms with E-state index in [2.05, 4.69) is 4.98 Å². The van der Waals surface area contributed by atoms with E-state index < -0.39 is 0 Å². The number of nitrogens with zero attached hydrogens (tertiary/aromatic N) is 1. The number of rotatable bonds is 2. The highest BCUT2D eigenvalue weighted by Gasteiger charge is 2.29. The first-order chi connectivity index (χ1) is 7.18. The van der Waals surface area contributed by atoms with Crippen molar-refractivity contribution in [2.24, 2.45) is 11.7 Å². The Kier molecular flexibility index (Phi) is 2.98. The van der Waals surface area contributed by atoms with Crippen LogP contribution in [0.1, 0.15) is 24.9 Å². The number of ether oxygens (including phenoxy) is 1. The molecule has 0 aromatic carbocycles. The Morgan fingerprint density at radius 3 is 3.07 bits per heavy atom. The lowest BCUT2D eigenvalue weighted by Crippen LogP contribution is -2.23. The van der Waals surface area contributed by atoms with E-state index in [1.54, 1.807) is 12.3 Å². The highest BCUT2D eigenvalue weighted by Crippen LogP contribution is 2.30. The van der Waals surface area contributed by atoms with Crippen molar-refractivity contribution in [1.29, 1.82) is 0 Å². The lowest BCUT2D eigenvalue weighted by atomic mass is 9.92. The first-order valence-corrected chi connectivity index (χ1v) is 5.15. The predicted octanol–water partition coefficient (Wildman–Crippen LogP) is 1.65. The SMILES string of the molecule is CC1CC(C(N)c2ccncc2F)CO1. The summed E-state index contributed by atoms with van der Waals surface area (Å²) in [5.74, 6) is -0.124. The van der Waals surface area contributed by atoms with Crippen molar-refractivity contribution in [3.05, 3.63) is 29.8 Å². The molecule has 15 heavy (non-hydrogen) atoms. The molecule has 0 radical (unpaired) electrons. The minimum absolute atomic E-state index is 0.205. The van der Waals surface area contributed by atoms with Crippen molar-refractivity contribution in [2.45, 2.75) is 25.5 Å². The first kappa shape index (κ1) is 10.5. The van der Waals surface area contributed by atoms with Crippen molar-refractivity contribution in [2.75, 3.05) is 6.61 Å². The molecule has 0 amide bonds. The number of hydrogen-bond donors (Lipinski definition) is 1. The molecule has 1 saturated heterocycles. The van der Waals surface area contributed by atoms with Gasteiger partial charge in [-0.15, -0.1) is 0 Å². The molecule has 0 saturated carbocycles. The number of pyridine rings is 1. The lowest BCUT2D eigenvalue weighted by Gasteiger charge is -2.18. The normalized spacial score (nSPS) is 27.9. The van der Waals surface area contributed by atoms with E-state index in [9.17, 15) is 4.39 Å². The average molecular weight is 210 g/mol. The molecule has 1 aliphatic rings. The fraction of sp³-hybridized carbons (Fsp3) is 0.545. The van der Waals surface area contributed by atoms with E-state index in [1.165, 1.54) is 6.20 Å². The van der Waals surface area contributed by atoms with E-state index in [-0.39, 0.29) is 23.9 Å². The van der Waals surface area contributed by atoms with Crippen molar-refractivity contribution < 1.29 is 9.13 Å². The zero-order valence-electron chi connectivity index (χ0n) is 8.69. The third-order valence-corrected chi connectivity index (χ3v) is 2.90. The molecule has 1 fully saturated rings. The third-order valence-electron chi connectivity index (χ3n) is 2.90. The summed E-state index contributed by atoms with van der Waals surface area (Å²) in [5, 5.41) is 0. The maximum atomic E-state index is 13.4. The van der Waals surface area contributed by atoms with Gasteiger partial charge < -0.3 is 10.5 Å². The Balaban J connectivity index is 2.14. The molecule has 1 aliphatic heterocycles. The fourth-order valence-electron chi connectivity index (χ4n) is 2.01. The molecule has 0 bridgehead atoms. The van der Waals surface area contributed by atoms with E-state index in [4.69, 9.17) is 10.5 Å². The second-order valence-corrected chi connectivity index (χ2v) is 4.06. The second-order valence-electron chi connectivity index (χ2n) is 4.06. The maximum Gasteiger partial charge on any atom is 0.146 e. The van der Waals surface area contributed by atoms with E-state index >= 15 is 0 Å². The number of hydrogen-bond acceptors (Lipinski definition) is 3. The Labute approximate surface area is 88.5 Å². The Bertz CT molecular complexity index is 345. The van der Waals surface area contributed by atoms with Crippen molar-refractivity contribution in [3.8, 4) is 0 Å². The van der Waals surface area contributed by atoms with E-state index in [1.807, 2.05) is 6.92 Å². The van der Waals surface area contributed by atoms with Crippen LogP contribution in [0, 0.1) is 11.7 Å². The molecule has 2 rings (SSSR count). The van der Waals surface area contributed by atoms with Gasteiger partial charge in [-0.2, -0.15) is 0 Å². The zero-order chi connectivity index (χ0) is 10.8. The molecular formula is C11H15FN2O. The average Bonchev–Trinajstić information content (AvgIpc) is 2.65. The van der Waals surface area contributed by atoms with Crippen LogP contribution in [-0.4, -0.2) is 17.7 Å². The molecular weight excluding hydrogens is 195 g/mol. The molecule has 1 aromatic rings. The highest BCUT2D eigenvalue weighted by atomic mass is 19.1. The number of nitrogens with two attached hydrogens (primary N) is 1. The minimum atomic E-state index is -0.329. The predicted molar refractivity (Wildman–Crippen MR) is 54.6 cm³/mol. The van der Waals surface area contributed by atoms with Gasteiger partial charge in [-0.05, 0) is 19.4 Å². The van der Waals surface area contributed by atoms with Crippen LogP contribution in [0.2, 0.25) is 0 Å². The number of aromatic nitrogens is 1. The largest absolute Gasteiger partial charge is 0.378 e. The van der Waals surface area contributed by atoms with Gasteiger partial charge >= 0.3 is 0 Å². The van der Waals surface area contributed by atoms with Crippen LogP contribution < -0.4 is 5.73 Å². The molecule has 0 aliphatic carbocycles. The summed E-state index contributed by atoms with van der Waals surface area (Å²) in [4.78, 5) is 3.71. The van der Waals surface area contributed by atoms with Crippen LogP contribution in [-0.2, 0) is 4.74 Å². The quantitative estimate of drug-likeness (QED) is 0.807. The summed E-state index contributed by atoms with van der Waals surface area (Å²) in [7, 11) is 0. The van der Waals surface area contributed by atoms with Crippen LogP contribution in [0.25, 0.3) is 0 Å². The van der Waals surface area contributed by atoms with Gasteiger partial charge in [-0.25, -0.2) is 4.39 Å². The first-order valence-electron chi connectivity index (χ1n) is 5.15. The summed E-state index contributed by atoms with van der Waals surface area (Å²) < 4.78 is 18.8. The van der Waals surface area contributed by atoms with Crippen LogP contribution in [0.3, 0.4) is 0 Å². The topological polar surface area (TPSA) is 48.1 Å². The summed E-state index contributed by atoms with van der Waals surface area (Å²) in [6.45, 7) is 2.62. The fourth-order valence-corrected chi connectivity index (χ4v) is 2.01. The van der Waals surface area contributed by atoms with Gasteiger partial charge in [0.2, 0.25) is 0 Å². The monoisotopic (exact) mass is 210 g/mol. The molecule has 2 heterocycles. The van der Waals surface area contributed by atoms with E-state index in [0.29, 0.717) is 12.2 Å². The smallest absolute Gasteiger partial charge is 0.146 e. The molecule has 3 unspecified atom stereocenters. The second kappa shape index (κ2) is 4.24. The van der Waals surface area contributed by atoms with Crippen LogP contribution >= 0.6 is 0 Å². The molecule has 1 aromatic heterocycles. The Morgan fingerprint density at radius 1 is 1.67 bits per heavy atom. The molecule has 82 valence electrons. The molecule has 3 nitrogen and oxygen atoms in total. The standard InChI is InChI=1S/C11H15FN2O/c1-7-4-8(6-15-7)11(13)9-2-3-14-5-10(9)12/h2-3,5,7-8,11H,4,6,13H2,1H3. The van der Waals surface area contributed by atoms with E-state index in [0.717, 1.165) is 6.42 Å². The maximum absolute atomic E-state index is 13.4. The summed E-state index contributed by atoms with van der Waals surface area (Å²) in [5.41, 5.74) is 6.55. The summed E-state index contributed by atoms with van der Waals surface area (Å²) in [6, 6.07) is 1.35. The number of halogens is 1. The van der Waals surface area contributed by atoms with Gasteiger partial charge in [-0.1, -0.05) is 0 Å². The van der Waals surface area contributed by atoms with Gasteiger partial charge in [0.15, 0.2) is 0 Å². The third kappa shape index (κ3) is 2.16. The molecule has 0 spiro atoms. The van der Waals surface area contributed by atoms with Crippen molar-refractivity contribution >= 4 is 0 Å². The van der Waals surface area contributed by atoms with Crippen LogP contribution in [0.4, 0.5) is 4.39 Å². The Morgan fingerprint density at radius 2 is 2.47 bits per heavy atom. The van der Waals surface area contributed by atoms with Gasteiger partial charge in [0.05, 0.1) is 18.9 Å². The Hall–Kier alpha value is -1.00. The van der Waals surface area contributed by atoms with Crippen molar-refractivity contribution in [3.63, 3.8) is 0 Å². The lowest BCUT2D eigenvalue weighted by molar-refractivity contribution is 0.118. The highest BCUT2D eigenvalue weighted by molar-refractivity contribution is 5.18. The molecule has 3 atom stereocenters. The summed E-state index contributed by atoms with van der Waals surface area (Å²) >= 11 is 0. The van der Waals surface area contributed by atoms with Crippen molar-refractivity contribution in [1.82, 2.24) is 4.98 Å². The minimum Gasteiger partial charge on any atom is -0.378 e. The zero-order valence-corrected chi connectivity index (χ0v) is 8.69. The molecule has 2 N–H and O–H groups in total. The van der Waals surface area contributed by atoms with Gasteiger partial charge in [0, 0.05) is 23.7 Å². The summed E-state index contributed by atoms with van der Waals surface area (Å²) in [6.07, 6.45) is 3.89.